The standard InChI is InChI=1S/C15H13BrFNO/c1-9-15(10-2-4-11(16)5-3-10)19-14-8-12(17)6-7-13(14)18-9/h2-9,15,18H,1H3. The van der Waals surface area contributed by atoms with Crippen molar-refractivity contribution >= 4 is 21.6 Å². The second kappa shape index (κ2) is 4.85. The lowest BCUT2D eigenvalue weighted by Crippen LogP contribution is -2.32. The number of fused-ring (bicyclic) bond motifs is 1. The molecule has 0 aliphatic carbocycles. The third-order valence-corrected chi connectivity index (χ3v) is 3.76. The van der Waals surface area contributed by atoms with E-state index in [1.54, 1.807) is 6.07 Å². The quantitative estimate of drug-likeness (QED) is 0.833. The summed E-state index contributed by atoms with van der Waals surface area (Å²) in [6.45, 7) is 2.05. The Morgan fingerprint density at radius 2 is 1.89 bits per heavy atom. The highest BCUT2D eigenvalue weighted by molar-refractivity contribution is 9.10. The normalized spacial score (nSPS) is 21.2. The fourth-order valence-electron chi connectivity index (χ4n) is 2.28. The molecule has 98 valence electrons. The van der Waals surface area contributed by atoms with E-state index in [0.717, 1.165) is 15.7 Å². The first kappa shape index (κ1) is 12.5. The molecule has 1 aliphatic rings. The molecule has 4 heteroatoms. The van der Waals surface area contributed by atoms with Crippen LogP contribution in [0.1, 0.15) is 18.6 Å². The van der Waals surface area contributed by atoms with Crippen molar-refractivity contribution in [2.24, 2.45) is 0 Å². The van der Waals surface area contributed by atoms with E-state index in [4.69, 9.17) is 4.74 Å². The van der Waals surface area contributed by atoms with E-state index in [9.17, 15) is 4.39 Å². The zero-order valence-corrected chi connectivity index (χ0v) is 11.9. The van der Waals surface area contributed by atoms with E-state index in [-0.39, 0.29) is 18.0 Å². The second-order valence-electron chi connectivity index (χ2n) is 4.66. The topological polar surface area (TPSA) is 21.3 Å². The van der Waals surface area contributed by atoms with E-state index < -0.39 is 0 Å². The number of rotatable bonds is 1. The van der Waals surface area contributed by atoms with Gasteiger partial charge in [0.1, 0.15) is 17.7 Å². The molecule has 0 saturated heterocycles. The summed E-state index contributed by atoms with van der Waals surface area (Å²) < 4.78 is 20.2. The number of halogens is 2. The predicted octanol–water partition coefficient (Wildman–Crippen LogP) is 4.52. The molecule has 2 nitrogen and oxygen atoms in total. The van der Waals surface area contributed by atoms with Gasteiger partial charge in [0, 0.05) is 10.5 Å². The molecule has 0 aromatic heterocycles. The minimum absolute atomic E-state index is 0.123. The maximum absolute atomic E-state index is 13.3. The molecule has 1 aliphatic heterocycles. The van der Waals surface area contributed by atoms with Crippen LogP contribution in [0, 0.1) is 5.82 Å². The van der Waals surface area contributed by atoms with Crippen LogP contribution in [-0.4, -0.2) is 6.04 Å². The van der Waals surface area contributed by atoms with Gasteiger partial charge in [-0.05, 0) is 36.8 Å². The molecule has 3 rings (SSSR count). The second-order valence-corrected chi connectivity index (χ2v) is 5.58. The Morgan fingerprint density at radius 3 is 2.63 bits per heavy atom. The van der Waals surface area contributed by atoms with Crippen molar-refractivity contribution in [3.8, 4) is 5.75 Å². The number of benzene rings is 2. The molecule has 2 aromatic carbocycles. The summed E-state index contributed by atoms with van der Waals surface area (Å²) in [5.74, 6) is 0.274. The minimum atomic E-state index is -0.287. The van der Waals surface area contributed by atoms with Crippen molar-refractivity contribution < 1.29 is 9.13 Å². The van der Waals surface area contributed by atoms with Crippen molar-refractivity contribution in [1.29, 1.82) is 0 Å². The monoisotopic (exact) mass is 321 g/mol. The Morgan fingerprint density at radius 1 is 1.16 bits per heavy atom. The van der Waals surface area contributed by atoms with Gasteiger partial charge in [-0.3, -0.25) is 0 Å². The first-order valence-electron chi connectivity index (χ1n) is 6.12. The predicted molar refractivity (Wildman–Crippen MR) is 77.0 cm³/mol. The summed E-state index contributed by atoms with van der Waals surface area (Å²) in [6, 6.07) is 12.7. The Balaban J connectivity index is 1.94. The van der Waals surface area contributed by atoms with Gasteiger partial charge in [0.05, 0.1) is 11.7 Å². The number of ether oxygens (including phenoxy) is 1. The smallest absolute Gasteiger partial charge is 0.146 e. The third kappa shape index (κ3) is 2.45. The summed E-state index contributed by atoms with van der Waals surface area (Å²) in [6.07, 6.45) is -0.123. The molecule has 0 fully saturated rings. The van der Waals surface area contributed by atoms with Crippen LogP contribution in [0.2, 0.25) is 0 Å². The van der Waals surface area contributed by atoms with Crippen molar-refractivity contribution in [2.75, 3.05) is 5.32 Å². The van der Waals surface area contributed by atoms with Crippen LogP contribution in [0.15, 0.2) is 46.9 Å². The van der Waals surface area contributed by atoms with Crippen LogP contribution in [-0.2, 0) is 0 Å². The van der Waals surface area contributed by atoms with Crippen molar-refractivity contribution in [1.82, 2.24) is 0 Å². The summed E-state index contributed by atoms with van der Waals surface area (Å²) in [7, 11) is 0. The van der Waals surface area contributed by atoms with Gasteiger partial charge in [0.2, 0.25) is 0 Å². The minimum Gasteiger partial charge on any atom is -0.481 e. The van der Waals surface area contributed by atoms with Gasteiger partial charge >= 0.3 is 0 Å². The number of hydrogen-bond acceptors (Lipinski definition) is 2. The lowest BCUT2D eigenvalue weighted by Gasteiger charge is -2.33. The van der Waals surface area contributed by atoms with Crippen LogP contribution in [0.5, 0.6) is 5.75 Å². The largest absolute Gasteiger partial charge is 0.481 e. The van der Waals surface area contributed by atoms with E-state index in [1.165, 1.54) is 12.1 Å². The SMILES string of the molecule is CC1Nc2ccc(F)cc2OC1c1ccc(Br)cc1. The summed E-state index contributed by atoms with van der Waals surface area (Å²) in [4.78, 5) is 0. The van der Waals surface area contributed by atoms with Crippen molar-refractivity contribution in [2.45, 2.75) is 19.1 Å². The summed E-state index contributed by atoms with van der Waals surface area (Å²) in [5.41, 5.74) is 1.90. The Bertz CT molecular complexity index is 600. The fourth-order valence-corrected chi connectivity index (χ4v) is 2.55. The summed E-state index contributed by atoms with van der Waals surface area (Å²) >= 11 is 3.41. The van der Waals surface area contributed by atoms with E-state index in [0.29, 0.717) is 5.75 Å². The molecular weight excluding hydrogens is 309 g/mol. The molecule has 2 aromatic rings. The number of nitrogens with one attached hydrogen (secondary N) is 1. The van der Waals surface area contributed by atoms with Gasteiger partial charge in [0.15, 0.2) is 0 Å². The molecule has 0 radical (unpaired) electrons. The molecule has 0 spiro atoms. The molecule has 0 saturated carbocycles. The van der Waals surface area contributed by atoms with E-state index >= 15 is 0 Å². The zero-order chi connectivity index (χ0) is 13.4. The van der Waals surface area contributed by atoms with Crippen LogP contribution >= 0.6 is 15.9 Å². The Hall–Kier alpha value is -1.55. The highest BCUT2D eigenvalue weighted by Gasteiger charge is 2.27. The highest BCUT2D eigenvalue weighted by atomic mass is 79.9. The van der Waals surface area contributed by atoms with Crippen LogP contribution in [0.3, 0.4) is 0 Å². The first-order chi connectivity index (χ1) is 9.13. The highest BCUT2D eigenvalue weighted by Crippen LogP contribution is 2.37. The van der Waals surface area contributed by atoms with Crippen LogP contribution in [0.4, 0.5) is 10.1 Å². The molecule has 19 heavy (non-hydrogen) atoms. The molecule has 1 heterocycles. The Labute approximate surface area is 119 Å². The van der Waals surface area contributed by atoms with Gasteiger partial charge < -0.3 is 10.1 Å². The zero-order valence-electron chi connectivity index (χ0n) is 10.4. The number of hydrogen-bond donors (Lipinski definition) is 1. The van der Waals surface area contributed by atoms with Gasteiger partial charge in [-0.25, -0.2) is 4.39 Å². The van der Waals surface area contributed by atoms with Gasteiger partial charge in [-0.1, -0.05) is 28.1 Å². The first-order valence-corrected chi connectivity index (χ1v) is 6.91. The molecule has 2 atom stereocenters. The average molecular weight is 322 g/mol. The molecule has 1 N–H and O–H groups in total. The van der Waals surface area contributed by atoms with Crippen molar-refractivity contribution in [3.05, 3.63) is 58.3 Å². The van der Waals surface area contributed by atoms with E-state index in [1.807, 2.05) is 24.3 Å². The summed E-state index contributed by atoms with van der Waals surface area (Å²) in [5, 5.41) is 3.35. The lowest BCUT2D eigenvalue weighted by atomic mass is 10.0. The molecule has 0 amide bonds. The van der Waals surface area contributed by atoms with Crippen LogP contribution in [0.25, 0.3) is 0 Å². The Kier molecular flexibility index (Phi) is 3.19. The van der Waals surface area contributed by atoms with Crippen LogP contribution < -0.4 is 10.1 Å². The van der Waals surface area contributed by atoms with E-state index in [2.05, 4.69) is 28.2 Å². The third-order valence-electron chi connectivity index (χ3n) is 3.23. The lowest BCUT2D eigenvalue weighted by molar-refractivity contribution is 0.177. The van der Waals surface area contributed by atoms with Crippen molar-refractivity contribution in [3.63, 3.8) is 0 Å². The van der Waals surface area contributed by atoms with Gasteiger partial charge in [-0.2, -0.15) is 0 Å². The molecular formula is C15H13BrFNO. The maximum Gasteiger partial charge on any atom is 0.146 e. The van der Waals surface area contributed by atoms with Gasteiger partial charge in [-0.15, -0.1) is 0 Å². The fraction of sp³-hybridized carbons (Fsp3) is 0.200. The maximum atomic E-state index is 13.3. The average Bonchev–Trinajstić information content (AvgIpc) is 2.40. The number of anilines is 1. The molecule has 0 bridgehead atoms. The molecule has 2 unspecified atom stereocenters. The van der Waals surface area contributed by atoms with Gasteiger partial charge in [0.25, 0.3) is 0 Å².